The number of benzene rings is 1. The van der Waals surface area contributed by atoms with Crippen molar-refractivity contribution >= 4 is 15.7 Å². The molecule has 0 saturated heterocycles. The van der Waals surface area contributed by atoms with Gasteiger partial charge >= 0.3 is 12.1 Å². The van der Waals surface area contributed by atoms with Crippen LogP contribution in [0.15, 0.2) is 29.2 Å². The summed E-state index contributed by atoms with van der Waals surface area (Å²) in [5, 5.41) is -0.475. The van der Waals surface area contributed by atoms with Crippen molar-refractivity contribution in [1.29, 1.82) is 0 Å². The van der Waals surface area contributed by atoms with E-state index in [2.05, 4.69) is 0 Å². The minimum Gasteiger partial charge on any atom is -0.334 e. The van der Waals surface area contributed by atoms with Crippen LogP contribution in [0.1, 0.15) is 24.8 Å². The number of sulfone groups is 1. The summed E-state index contributed by atoms with van der Waals surface area (Å²) < 4.78 is 62.2. The number of halogens is 3. The Bertz CT molecular complexity index is 666. The van der Waals surface area contributed by atoms with Crippen LogP contribution in [-0.2, 0) is 21.2 Å². The smallest absolute Gasteiger partial charge is 0.334 e. The van der Waals surface area contributed by atoms with Gasteiger partial charge < -0.3 is 4.90 Å². The Morgan fingerprint density at radius 1 is 1.27 bits per heavy atom. The highest BCUT2D eigenvalue weighted by Crippen LogP contribution is 2.33. The summed E-state index contributed by atoms with van der Waals surface area (Å²) in [6, 6.07) is 5.89. The molecule has 2 rings (SSSR count). The van der Waals surface area contributed by atoms with Gasteiger partial charge in [0.15, 0.2) is 9.84 Å². The monoisotopic (exact) mass is 335 g/mol. The van der Waals surface area contributed by atoms with Crippen LogP contribution in [-0.4, -0.2) is 37.7 Å². The largest absolute Gasteiger partial charge is 0.471 e. The predicted octanol–water partition coefficient (Wildman–Crippen LogP) is 2.53. The molecular weight excluding hydrogens is 319 g/mol. The van der Waals surface area contributed by atoms with Crippen LogP contribution in [0.4, 0.5) is 13.2 Å². The van der Waals surface area contributed by atoms with Gasteiger partial charge in [0.2, 0.25) is 0 Å². The molecule has 0 N–H and O–H groups in total. The van der Waals surface area contributed by atoms with Crippen molar-refractivity contribution in [1.82, 2.24) is 4.90 Å². The number of hydrogen-bond acceptors (Lipinski definition) is 3. The van der Waals surface area contributed by atoms with Crippen molar-refractivity contribution in [2.24, 2.45) is 0 Å². The first-order chi connectivity index (χ1) is 10.1. The summed E-state index contributed by atoms with van der Waals surface area (Å²) in [5.41, 5.74) is 0.203. The first-order valence-corrected chi connectivity index (χ1v) is 8.32. The molecule has 22 heavy (non-hydrogen) atoms. The standard InChI is InChI=1S/C14H16F3NO3S/c1-18(13(19)14(15,16)17)9-10-5-2-3-8-12(10)22(20,21)11-6-4-7-11/h2-3,5,8,11H,4,6-7,9H2,1H3. The number of carbonyl (C=O) groups is 1. The lowest BCUT2D eigenvalue weighted by atomic mass is 10.00. The van der Waals surface area contributed by atoms with Gasteiger partial charge in [-0.15, -0.1) is 0 Å². The summed E-state index contributed by atoms with van der Waals surface area (Å²) in [6.45, 7) is -0.402. The number of hydrogen-bond donors (Lipinski definition) is 0. The molecule has 0 heterocycles. The van der Waals surface area contributed by atoms with E-state index in [0.29, 0.717) is 17.7 Å². The molecule has 0 aromatic heterocycles. The van der Waals surface area contributed by atoms with Gasteiger partial charge in [0.1, 0.15) is 0 Å². The fraction of sp³-hybridized carbons (Fsp3) is 0.500. The van der Waals surface area contributed by atoms with E-state index in [0.717, 1.165) is 13.5 Å². The molecule has 0 spiro atoms. The number of amides is 1. The molecule has 1 aliphatic rings. The Morgan fingerprint density at radius 2 is 1.86 bits per heavy atom. The maximum Gasteiger partial charge on any atom is 0.471 e. The second-order valence-corrected chi connectivity index (χ2v) is 7.56. The maximum atomic E-state index is 12.5. The van der Waals surface area contributed by atoms with E-state index in [1.807, 2.05) is 0 Å². The van der Waals surface area contributed by atoms with Crippen LogP contribution in [0.2, 0.25) is 0 Å². The molecule has 122 valence electrons. The highest BCUT2D eigenvalue weighted by Gasteiger charge is 2.41. The highest BCUT2D eigenvalue weighted by atomic mass is 32.2. The van der Waals surface area contributed by atoms with Gasteiger partial charge in [0.25, 0.3) is 0 Å². The topological polar surface area (TPSA) is 54.5 Å². The van der Waals surface area contributed by atoms with Gasteiger partial charge in [-0.25, -0.2) is 8.42 Å². The van der Waals surface area contributed by atoms with Gasteiger partial charge in [0.05, 0.1) is 10.1 Å². The predicted molar refractivity (Wildman–Crippen MR) is 73.8 cm³/mol. The van der Waals surface area contributed by atoms with E-state index < -0.39 is 33.7 Å². The number of carbonyl (C=O) groups excluding carboxylic acids is 1. The van der Waals surface area contributed by atoms with E-state index in [1.54, 1.807) is 6.07 Å². The minimum atomic E-state index is -4.98. The molecule has 0 atom stereocenters. The van der Waals surface area contributed by atoms with Crippen LogP contribution in [0, 0.1) is 0 Å². The van der Waals surface area contributed by atoms with Gasteiger partial charge in [-0.3, -0.25) is 4.79 Å². The SMILES string of the molecule is CN(Cc1ccccc1S(=O)(=O)C1CCC1)C(=O)C(F)(F)F. The molecule has 1 aromatic rings. The molecule has 1 aliphatic carbocycles. The first-order valence-electron chi connectivity index (χ1n) is 6.78. The Labute approximate surface area is 126 Å². The quantitative estimate of drug-likeness (QED) is 0.850. The van der Waals surface area contributed by atoms with Gasteiger partial charge in [-0.2, -0.15) is 13.2 Å². The van der Waals surface area contributed by atoms with Crippen molar-refractivity contribution in [2.45, 2.75) is 42.1 Å². The third-order valence-corrected chi connectivity index (χ3v) is 6.13. The summed E-state index contributed by atoms with van der Waals surface area (Å²) in [4.78, 5) is 11.7. The molecule has 0 aliphatic heterocycles. The highest BCUT2D eigenvalue weighted by molar-refractivity contribution is 7.92. The lowest BCUT2D eigenvalue weighted by Gasteiger charge is -2.27. The molecule has 8 heteroatoms. The zero-order valence-electron chi connectivity index (χ0n) is 11.9. The number of rotatable bonds is 4. The molecule has 0 radical (unpaired) electrons. The maximum absolute atomic E-state index is 12.5. The lowest BCUT2D eigenvalue weighted by Crippen LogP contribution is -2.38. The Hall–Kier alpha value is -1.57. The fourth-order valence-corrected chi connectivity index (χ4v) is 4.40. The van der Waals surface area contributed by atoms with Crippen molar-refractivity contribution in [3.8, 4) is 0 Å². The van der Waals surface area contributed by atoms with E-state index in [9.17, 15) is 26.4 Å². The molecule has 0 bridgehead atoms. The fourth-order valence-electron chi connectivity index (χ4n) is 2.32. The van der Waals surface area contributed by atoms with Gasteiger partial charge in [-0.1, -0.05) is 24.6 Å². The number of alkyl halides is 3. The second-order valence-electron chi connectivity index (χ2n) is 5.36. The second kappa shape index (κ2) is 5.91. The van der Waals surface area contributed by atoms with E-state index in [4.69, 9.17) is 0 Å². The van der Waals surface area contributed by atoms with Crippen molar-refractivity contribution in [2.75, 3.05) is 7.05 Å². The zero-order chi connectivity index (χ0) is 16.5. The van der Waals surface area contributed by atoms with Crippen molar-refractivity contribution in [3.63, 3.8) is 0 Å². The Morgan fingerprint density at radius 3 is 2.36 bits per heavy atom. The molecule has 1 aromatic carbocycles. The van der Waals surface area contributed by atoms with Crippen LogP contribution >= 0.6 is 0 Å². The summed E-state index contributed by atoms with van der Waals surface area (Å²) in [6.07, 6.45) is -3.02. The average Bonchev–Trinajstić information content (AvgIpc) is 2.34. The van der Waals surface area contributed by atoms with Crippen LogP contribution < -0.4 is 0 Å². The Kier molecular flexibility index (Phi) is 4.51. The van der Waals surface area contributed by atoms with Crippen LogP contribution in [0.3, 0.4) is 0 Å². The third-order valence-electron chi connectivity index (χ3n) is 3.77. The van der Waals surface area contributed by atoms with Gasteiger partial charge in [-0.05, 0) is 24.5 Å². The van der Waals surface area contributed by atoms with E-state index in [1.165, 1.54) is 18.2 Å². The van der Waals surface area contributed by atoms with Crippen molar-refractivity contribution < 1.29 is 26.4 Å². The summed E-state index contributed by atoms with van der Waals surface area (Å²) in [5.74, 6) is -2.00. The molecule has 1 fully saturated rings. The zero-order valence-corrected chi connectivity index (χ0v) is 12.7. The first kappa shape index (κ1) is 16.8. The molecular formula is C14H16F3NO3S. The summed E-state index contributed by atoms with van der Waals surface area (Å²) >= 11 is 0. The number of nitrogens with zero attached hydrogens (tertiary/aromatic N) is 1. The molecule has 1 saturated carbocycles. The molecule has 0 unspecified atom stereocenters. The van der Waals surface area contributed by atoms with Crippen LogP contribution in [0.5, 0.6) is 0 Å². The lowest BCUT2D eigenvalue weighted by molar-refractivity contribution is -0.184. The van der Waals surface area contributed by atoms with Gasteiger partial charge in [0, 0.05) is 13.6 Å². The van der Waals surface area contributed by atoms with E-state index in [-0.39, 0.29) is 10.5 Å². The summed E-state index contributed by atoms with van der Waals surface area (Å²) in [7, 11) is -2.56. The molecule has 4 nitrogen and oxygen atoms in total. The molecule has 1 amide bonds. The minimum absolute atomic E-state index is 0.0153. The average molecular weight is 335 g/mol. The normalized spacial score (nSPS) is 16.2. The van der Waals surface area contributed by atoms with Crippen LogP contribution in [0.25, 0.3) is 0 Å². The van der Waals surface area contributed by atoms with E-state index >= 15 is 0 Å². The van der Waals surface area contributed by atoms with Crippen molar-refractivity contribution in [3.05, 3.63) is 29.8 Å². The third kappa shape index (κ3) is 3.26. The Balaban J connectivity index is 2.28.